The highest BCUT2D eigenvalue weighted by Gasteiger charge is 2.20. The van der Waals surface area contributed by atoms with E-state index in [0.717, 1.165) is 31.7 Å². The molecule has 126 valence electrons. The van der Waals surface area contributed by atoms with Gasteiger partial charge in [-0.25, -0.2) is 0 Å². The fourth-order valence-electron chi connectivity index (χ4n) is 2.91. The van der Waals surface area contributed by atoms with E-state index in [-0.39, 0.29) is 0 Å². The lowest BCUT2D eigenvalue weighted by Crippen LogP contribution is -2.31. The second-order valence-electron chi connectivity index (χ2n) is 5.14. The molecule has 2 aromatic carbocycles. The Kier molecular flexibility index (Phi) is 8.42. The van der Waals surface area contributed by atoms with Crippen LogP contribution in [0.15, 0.2) is 42.5 Å². The zero-order valence-corrected chi connectivity index (χ0v) is 15.4. The zero-order valence-electron chi connectivity index (χ0n) is 15.4. The van der Waals surface area contributed by atoms with Gasteiger partial charge in [-0.3, -0.25) is 4.90 Å². The number of benzene rings is 2. The summed E-state index contributed by atoms with van der Waals surface area (Å²) in [4.78, 5) is 2.45. The van der Waals surface area contributed by atoms with E-state index in [9.17, 15) is 0 Å². The van der Waals surface area contributed by atoms with Gasteiger partial charge in [0, 0.05) is 18.8 Å². The average molecular weight is 313 g/mol. The maximum absolute atomic E-state index is 6.18. The molecule has 2 aromatic rings. The van der Waals surface area contributed by atoms with Crippen LogP contribution < -0.4 is 5.73 Å². The fourth-order valence-corrected chi connectivity index (χ4v) is 2.91. The minimum absolute atomic E-state index is 0.938. The third-order valence-electron chi connectivity index (χ3n) is 4.06. The van der Waals surface area contributed by atoms with Crippen LogP contribution in [0.3, 0.4) is 0 Å². The van der Waals surface area contributed by atoms with Crippen LogP contribution in [0.2, 0.25) is 0 Å². The normalized spacial score (nSPS) is 13.1. The zero-order chi connectivity index (χ0) is 17.2. The van der Waals surface area contributed by atoms with Crippen molar-refractivity contribution in [2.45, 2.75) is 47.6 Å². The summed E-state index contributed by atoms with van der Waals surface area (Å²) in [6, 6.07) is 14.8. The molecule has 2 heteroatoms. The smallest absolute Gasteiger partial charge is 0.0362 e. The molecule has 1 aliphatic heterocycles. The number of fused-ring (bicyclic) bond motifs is 1. The second kappa shape index (κ2) is 10.1. The first-order chi connectivity index (χ1) is 11.3. The van der Waals surface area contributed by atoms with Gasteiger partial charge in [0.1, 0.15) is 0 Å². The molecule has 1 heterocycles. The standard InChI is InChI=1S/C17H20N2.2C2H6/c1-2-19-11-10-15-14(13-6-4-3-5-7-13)8-9-17(18)16(15)12-19;2*1-2/h3-9H,2,10-12,18H2,1H3;2*1-2H3. The number of nitrogens with zero attached hydrogens (tertiary/aromatic N) is 1. The Balaban J connectivity index is 0.000000615. The minimum atomic E-state index is 0.938. The molecule has 3 rings (SSSR count). The molecular formula is C21H32N2. The van der Waals surface area contributed by atoms with Crippen molar-refractivity contribution in [3.63, 3.8) is 0 Å². The molecule has 0 aliphatic carbocycles. The van der Waals surface area contributed by atoms with Crippen molar-refractivity contribution in [3.8, 4) is 11.1 Å². The first-order valence-electron chi connectivity index (χ1n) is 8.97. The highest BCUT2D eigenvalue weighted by molar-refractivity contribution is 5.73. The quantitative estimate of drug-likeness (QED) is 0.756. The highest BCUT2D eigenvalue weighted by atomic mass is 15.1. The molecular weight excluding hydrogens is 280 g/mol. The maximum Gasteiger partial charge on any atom is 0.0362 e. The molecule has 0 saturated heterocycles. The first kappa shape index (κ1) is 19.2. The predicted molar refractivity (Wildman–Crippen MR) is 104 cm³/mol. The van der Waals surface area contributed by atoms with E-state index in [1.54, 1.807) is 0 Å². The minimum Gasteiger partial charge on any atom is -0.398 e. The van der Waals surface area contributed by atoms with Gasteiger partial charge in [-0.1, -0.05) is 71.0 Å². The molecule has 1 aliphatic rings. The molecule has 0 radical (unpaired) electrons. The molecule has 2 nitrogen and oxygen atoms in total. The van der Waals surface area contributed by atoms with Crippen molar-refractivity contribution in [1.82, 2.24) is 4.90 Å². The largest absolute Gasteiger partial charge is 0.398 e. The van der Waals surface area contributed by atoms with E-state index in [2.05, 4.69) is 54.3 Å². The van der Waals surface area contributed by atoms with Crippen molar-refractivity contribution in [2.24, 2.45) is 0 Å². The van der Waals surface area contributed by atoms with Crippen molar-refractivity contribution in [3.05, 3.63) is 53.6 Å². The SMILES string of the molecule is CC.CC.CCN1CCc2c(-c3ccccc3)ccc(N)c2C1. The number of anilines is 1. The number of nitrogen functional groups attached to an aromatic ring is 1. The molecule has 2 N–H and O–H groups in total. The Morgan fingerprint density at radius 2 is 1.57 bits per heavy atom. The van der Waals surface area contributed by atoms with Gasteiger partial charge in [-0.15, -0.1) is 0 Å². The first-order valence-corrected chi connectivity index (χ1v) is 8.97. The van der Waals surface area contributed by atoms with E-state index in [1.807, 2.05) is 27.7 Å². The lowest BCUT2D eigenvalue weighted by atomic mass is 9.89. The van der Waals surface area contributed by atoms with E-state index in [0.29, 0.717) is 0 Å². The van der Waals surface area contributed by atoms with Gasteiger partial charge < -0.3 is 5.73 Å². The van der Waals surface area contributed by atoms with E-state index in [4.69, 9.17) is 5.73 Å². The second-order valence-corrected chi connectivity index (χ2v) is 5.14. The van der Waals surface area contributed by atoms with Crippen molar-refractivity contribution < 1.29 is 0 Å². The summed E-state index contributed by atoms with van der Waals surface area (Å²) in [7, 11) is 0. The molecule has 0 saturated carbocycles. The molecule has 0 aromatic heterocycles. The number of rotatable bonds is 2. The summed E-state index contributed by atoms with van der Waals surface area (Å²) in [5, 5.41) is 0. The molecule has 0 amide bonds. The molecule has 23 heavy (non-hydrogen) atoms. The van der Waals surface area contributed by atoms with Gasteiger partial charge in [-0.05, 0) is 41.3 Å². The number of hydrogen-bond acceptors (Lipinski definition) is 2. The summed E-state index contributed by atoms with van der Waals surface area (Å²) in [5.41, 5.74) is 12.5. The van der Waals surface area contributed by atoms with Gasteiger partial charge in [-0.2, -0.15) is 0 Å². The lowest BCUT2D eigenvalue weighted by Gasteiger charge is -2.30. The predicted octanol–water partition coefficient (Wildman–Crippen LogP) is 5.37. The van der Waals surface area contributed by atoms with Crippen LogP contribution in [0.1, 0.15) is 45.7 Å². The third-order valence-corrected chi connectivity index (χ3v) is 4.06. The van der Waals surface area contributed by atoms with Crippen molar-refractivity contribution in [1.29, 1.82) is 0 Å². The van der Waals surface area contributed by atoms with Crippen LogP contribution in [0, 0.1) is 0 Å². The van der Waals surface area contributed by atoms with Gasteiger partial charge in [0.05, 0.1) is 0 Å². The highest BCUT2D eigenvalue weighted by Crippen LogP contribution is 2.33. The molecule has 0 bridgehead atoms. The Morgan fingerprint density at radius 1 is 0.913 bits per heavy atom. The van der Waals surface area contributed by atoms with Crippen LogP contribution in [-0.4, -0.2) is 18.0 Å². The van der Waals surface area contributed by atoms with Gasteiger partial charge in [0.25, 0.3) is 0 Å². The van der Waals surface area contributed by atoms with Crippen LogP contribution in [0.4, 0.5) is 5.69 Å². The molecule has 0 atom stereocenters. The maximum atomic E-state index is 6.18. The van der Waals surface area contributed by atoms with E-state index < -0.39 is 0 Å². The number of nitrogens with two attached hydrogens (primary N) is 1. The summed E-state index contributed by atoms with van der Waals surface area (Å²) in [5.74, 6) is 0. The molecule has 0 spiro atoms. The number of likely N-dealkylation sites (N-methyl/N-ethyl adjacent to an activating group) is 1. The molecule has 0 fully saturated rings. The average Bonchev–Trinajstić information content (AvgIpc) is 2.66. The van der Waals surface area contributed by atoms with E-state index >= 15 is 0 Å². The Hall–Kier alpha value is -1.80. The van der Waals surface area contributed by atoms with Crippen LogP contribution >= 0.6 is 0 Å². The van der Waals surface area contributed by atoms with Gasteiger partial charge in [0.2, 0.25) is 0 Å². The van der Waals surface area contributed by atoms with Crippen LogP contribution in [0.25, 0.3) is 11.1 Å². The summed E-state index contributed by atoms with van der Waals surface area (Å²) in [6.45, 7) is 13.4. The van der Waals surface area contributed by atoms with Gasteiger partial charge in [0.15, 0.2) is 0 Å². The fraction of sp³-hybridized carbons (Fsp3) is 0.429. The van der Waals surface area contributed by atoms with Crippen LogP contribution in [0.5, 0.6) is 0 Å². The summed E-state index contributed by atoms with van der Waals surface area (Å²) >= 11 is 0. The Morgan fingerprint density at radius 3 is 2.17 bits per heavy atom. The topological polar surface area (TPSA) is 29.3 Å². The Bertz CT molecular complexity index is 576. The molecule has 0 unspecified atom stereocenters. The lowest BCUT2D eigenvalue weighted by molar-refractivity contribution is 0.269. The summed E-state index contributed by atoms with van der Waals surface area (Å²) < 4.78 is 0. The van der Waals surface area contributed by atoms with Gasteiger partial charge >= 0.3 is 0 Å². The monoisotopic (exact) mass is 312 g/mol. The Labute approximate surface area is 142 Å². The number of hydrogen-bond donors (Lipinski definition) is 1. The van der Waals surface area contributed by atoms with Crippen molar-refractivity contribution in [2.75, 3.05) is 18.8 Å². The van der Waals surface area contributed by atoms with Crippen LogP contribution in [-0.2, 0) is 13.0 Å². The van der Waals surface area contributed by atoms with Crippen molar-refractivity contribution >= 4 is 5.69 Å². The summed E-state index contributed by atoms with van der Waals surface area (Å²) in [6.07, 6.45) is 1.10. The third kappa shape index (κ3) is 4.59. The van der Waals surface area contributed by atoms with E-state index in [1.165, 1.54) is 22.3 Å².